The first-order valence-corrected chi connectivity index (χ1v) is 24.8. The average Bonchev–Trinajstić information content (AvgIpc) is 3.79. The van der Waals surface area contributed by atoms with E-state index in [0.717, 1.165) is 68.3 Å². The molecule has 0 spiro atoms. The lowest BCUT2D eigenvalue weighted by Gasteiger charge is -2.72. The minimum absolute atomic E-state index is 0.0136. The minimum Gasteiger partial charge on any atom is -0.481 e. The molecule has 1 aromatic heterocycles. The molecular formula is C54H78N4O7. The van der Waals surface area contributed by atoms with Crippen LogP contribution in [-0.2, 0) is 19.1 Å². The van der Waals surface area contributed by atoms with Crippen LogP contribution in [0.25, 0.3) is 5.69 Å². The summed E-state index contributed by atoms with van der Waals surface area (Å²) < 4.78 is 8.37. The summed E-state index contributed by atoms with van der Waals surface area (Å²) in [6.07, 6.45) is 11.1. The van der Waals surface area contributed by atoms with E-state index in [1.165, 1.54) is 5.57 Å². The van der Waals surface area contributed by atoms with Crippen molar-refractivity contribution in [1.29, 1.82) is 0 Å². The fourth-order valence-corrected chi connectivity index (χ4v) is 15.7. The lowest BCUT2D eigenvalue weighted by molar-refractivity contribution is -0.238. The van der Waals surface area contributed by atoms with Crippen molar-refractivity contribution in [3.63, 3.8) is 0 Å². The number of amides is 1. The summed E-state index contributed by atoms with van der Waals surface area (Å²) in [5.74, 6) is -0.884. The first kappa shape index (κ1) is 47.7. The van der Waals surface area contributed by atoms with Crippen LogP contribution in [0.4, 0.5) is 0 Å². The number of nitrogens with zero attached hydrogens (tertiary/aromatic N) is 2. The largest absolute Gasteiger partial charge is 0.481 e. The highest BCUT2D eigenvalue weighted by molar-refractivity contribution is 6.01. The molecule has 11 nitrogen and oxygen atoms in total. The van der Waals surface area contributed by atoms with Crippen molar-refractivity contribution < 1.29 is 34.1 Å². The van der Waals surface area contributed by atoms with Gasteiger partial charge in [-0.2, -0.15) is 0 Å². The highest BCUT2D eigenvalue weighted by Crippen LogP contribution is 2.77. The summed E-state index contributed by atoms with van der Waals surface area (Å²) in [7, 11) is 0. The fraction of sp³-hybridized carbons (Fsp3) is 0.722. The lowest BCUT2D eigenvalue weighted by atomic mass is 9.33. The Morgan fingerprint density at radius 2 is 1.58 bits per heavy atom. The number of aryl methyl sites for hydroxylation is 1. The zero-order chi connectivity index (χ0) is 47.4. The maximum absolute atomic E-state index is 14.3. The van der Waals surface area contributed by atoms with Crippen LogP contribution in [0.3, 0.4) is 0 Å². The number of benzene rings is 1. The third-order valence-corrected chi connectivity index (χ3v) is 19.7. The highest BCUT2D eigenvalue weighted by Gasteiger charge is 2.71. The molecule has 356 valence electrons. The van der Waals surface area contributed by atoms with Gasteiger partial charge in [0.15, 0.2) is 5.78 Å². The molecule has 1 aromatic carbocycles. The van der Waals surface area contributed by atoms with Gasteiger partial charge in [0, 0.05) is 53.3 Å². The molecule has 6 aliphatic carbocycles. The SMILES string of the molecule is Cc1cn(-c2ccc(C(=O)NC(C)(C)CNC[C@H](O)[C@@]34CC[C@]5(C)[C@H](CC[C@@H]6[C@@]7(C)CC[C@H](OC(=O)[C@H]8C[C@@H](C(=O)O)C8(C)C)C(C)(C)[C@@H]7CC[C@]65C)C3=C(C(C)C)C(=O)C4)cc2)cn1. The van der Waals surface area contributed by atoms with Gasteiger partial charge in [-0.05, 0) is 154 Å². The van der Waals surface area contributed by atoms with Crippen molar-refractivity contribution in [3.8, 4) is 5.69 Å². The number of rotatable bonds is 12. The number of esters is 1. The van der Waals surface area contributed by atoms with Gasteiger partial charge in [-0.3, -0.25) is 19.2 Å². The number of ether oxygens (including phenoxy) is 1. The van der Waals surface area contributed by atoms with Crippen LogP contribution < -0.4 is 10.6 Å². The molecule has 5 saturated carbocycles. The summed E-state index contributed by atoms with van der Waals surface area (Å²) in [6.45, 7) is 27.0. The summed E-state index contributed by atoms with van der Waals surface area (Å²) in [5.41, 5.74) is 2.52. The monoisotopic (exact) mass is 895 g/mol. The van der Waals surface area contributed by atoms with E-state index in [9.17, 15) is 29.4 Å². The van der Waals surface area contributed by atoms with Gasteiger partial charge in [-0.25, -0.2) is 4.98 Å². The Hall–Kier alpha value is -3.83. The van der Waals surface area contributed by atoms with E-state index in [4.69, 9.17) is 4.74 Å². The zero-order valence-corrected chi connectivity index (χ0v) is 41.4. The molecule has 0 bridgehead atoms. The first-order valence-electron chi connectivity index (χ1n) is 24.8. The van der Waals surface area contributed by atoms with Gasteiger partial charge < -0.3 is 30.2 Å². The number of carbonyl (C=O) groups excluding carboxylic acids is 3. The average molecular weight is 895 g/mol. The predicted molar refractivity (Wildman–Crippen MR) is 251 cm³/mol. The van der Waals surface area contributed by atoms with Crippen LogP contribution >= 0.6 is 0 Å². The van der Waals surface area contributed by atoms with Crippen LogP contribution in [0.5, 0.6) is 0 Å². The van der Waals surface area contributed by atoms with E-state index in [0.29, 0.717) is 43.3 Å². The molecule has 0 saturated heterocycles. The van der Waals surface area contributed by atoms with Gasteiger partial charge in [0.2, 0.25) is 0 Å². The second kappa shape index (κ2) is 16.2. The van der Waals surface area contributed by atoms with Gasteiger partial charge in [0.05, 0.1) is 30.0 Å². The minimum atomic E-state index is -0.839. The zero-order valence-electron chi connectivity index (χ0n) is 41.4. The third-order valence-electron chi connectivity index (χ3n) is 19.7. The summed E-state index contributed by atoms with van der Waals surface area (Å²) in [5, 5.41) is 28.9. The molecule has 1 heterocycles. The third kappa shape index (κ3) is 7.46. The van der Waals surface area contributed by atoms with Gasteiger partial charge in [-0.1, -0.05) is 67.9 Å². The second-order valence-electron chi connectivity index (χ2n) is 24.6. The number of fused-ring (bicyclic) bond motifs is 7. The van der Waals surface area contributed by atoms with Crippen LogP contribution in [-0.4, -0.2) is 74.2 Å². The maximum Gasteiger partial charge on any atom is 0.309 e. The van der Waals surface area contributed by atoms with E-state index in [1.807, 2.05) is 69.6 Å². The van der Waals surface area contributed by atoms with Gasteiger partial charge in [0.1, 0.15) is 6.10 Å². The Kier molecular flexibility index (Phi) is 11.8. The van der Waals surface area contributed by atoms with Gasteiger partial charge >= 0.3 is 11.9 Å². The number of nitrogens with one attached hydrogen (secondary N) is 2. The highest BCUT2D eigenvalue weighted by atomic mass is 16.5. The molecule has 0 unspecified atom stereocenters. The van der Waals surface area contributed by atoms with E-state index in [-0.39, 0.29) is 57.3 Å². The number of aliphatic carboxylic acids is 1. The van der Waals surface area contributed by atoms with Crippen molar-refractivity contribution in [2.45, 2.75) is 165 Å². The standard InChI is InChI=1S/C54H78N4O7/c1-31(2)43-38(59)26-54(41(60)27-55-29-48(4,5)57-45(61)33-13-15-34(16-14-33)58-28-32(3)56-30-58)24-23-52(11)35(44(43)54)17-18-40-51(10)21-20-42(50(8,9)39(51)19-22-53(40,52)12)65-47(64)37-25-36(46(62)63)49(37,6)7/h13-16,28,30-31,35-37,39-42,55,60H,17-27,29H2,1-12H3,(H,57,61)(H,62,63)/t35-,36+,37-,39+,40-,41+,42+,51+,52-,53-,54+/m1/s1. The molecule has 5 fully saturated rings. The van der Waals surface area contributed by atoms with E-state index >= 15 is 0 Å². The number of ketones is 1. The number of aliphatic hydroxyl groups excluding tert-OH is 1. The van der Waals surface area contributed by atoms with Crippen molar-refractivity contribution >= 4 is 23.6 Å². The van der Waals surface area contributed by atoms with Crippen molar-refractivity contribution in [2.75, 3.05) is 13.1 Å². The van der Waals surface area contributed by atoms with Crippen LogP contribution in [0, 0.1) is 74.9 Å². The Labute approximate surface area is 387 Å². The van der Waals surface area contributed by atoms with Crippen LogP contribution in [0.1, 0.15) is 156 Å². The number of hydrogen-bond acceptors (Lipinski definition) is 8. The summed E-state index contributed by atoms with van der Waals surface area (Å²) in [6, 6.07) is 7.47. The number of imidazole rings is 1. The summed E-state index contributed by atoms with van der Waals surface area (Å²) >= 11 is 0. The number of carboxylic acid groups (broad SMARTS) is 1. The molecule has 11 heteroatoms. The number of allylic oxidation sites excluding steroid dienone is 1. The Balaban J connectivity index is 0.961. The van der Waals surface area contributed by atoms with E-state index in [1.54, 1.807) is 6.33 Å². The van der Waals surface area contributed by atoms with E-state index < -0.39 is 40.3 Å². The molecular weight excluding hydrogens is 817 g/mol. The fourth-order valence-electron chi connectivity index (χ4n) is 15.7. The molecule has 4 N–H and O–H groups in total. The number of aromatic nitrogens is 2. The number of aliphatic hydroxyl groups is 1. The Bertz CT molecular complexity index is 2260. The topological polar surface area (TPSA) is 160 Å². The van der Waals surface area contributed by atoms with E-state index in [2.05, 4.69) is 64.1 Å². The van der Waals surface area contributed by atoms with Crippen molar-refractivity contribution in [1.82, 2.24) is 20.2 Å². The predicted octanol–water partition coefficient (Wildman–Crippen LogP) is 9.28. The maximum atomic E-state index is 14.3. The second-order valence-corrected chi connectivity index (χ2v) is 24.6. The lowest BCUT2D eigenvalue weighted by Crippen LogP contribution is -2.66. The number of carbonyl (C=O) groups is 4. The molecule has 1 amide bonds. The molecule has 65 heavy (non-hydrogen) atoms. The molecule has 0 radical (unpaired) electrons. The normalized spacial score (nSPS) is 36.4. The van der Waals surface area contributed by atoms with Crippen molar-refractivity contribution in [2.24, 2.45) is 68.0 Å². The van der Waals surface area contributed by atoms with Gasteiger partial charge in [-0.15, -0.1) is 0 Å². The first-order chi connectivity index (χ1) is 30.2. The molecule has 6 aliphatic rings. The Morgan fingerprint density at radius 1 is 0.892 bits per heavy atom. The van der Waals surface area contributed by atoms with Crippen LogP contribution in [0.15, 0.2) is 47.9 Å². The smallest absolute Gasteiger partial charge is 0.309 e. The molecule has 11 atom stereocenters. The number of Topliss-reactive ketones (excluding diaryl/α,β-unsaturated/α-hetero) is 1. The molecule has 2 aromatic rings. The van der Waals surface area contributed by atoms with Crippen LogP contribution in [0.2, 0.25) is 0 Å². The van der Waals surface area contributed by atoms with Crippen molar-refractivity contribution in [3.05, 3.63) is 59.2 Å². The molecule has 0 aliphatic heterocycles. The Morgan fingerprint density at radius 3 is 2.20 bits per heavy atom. The quantitative estimate of drug-likeness (QED) is 0.152. The number of carboxylic acids is 1. The number of hydrogen-bond donors (Lipinski definition) is 4. The summed E-state index contributed by atoms with van der Waals surface area (Å²) in [4.78, 5) is 57.5. The molecule has 8 rings (SSSR count). The van der Waals surface area contributed by atoms with Gasteiger partial charge in [0.25, 0.3) is 5.91 Å².